The number of rotatable bonds is 2. The molecule has 0 bridgehead atoms. The number of nitrogens with two attached hydrogens (primary N) is 1. The second kappa shape index (κ2) is 3.13. The summed E-state index contributed by atoms with van der Waals surface area (Å²) >= 11 is 5.99. The molecule has 1 aromatic rings. The Bertz CT molecular complexity index is 403. The fraction of sp³-hybridized carbons (Fsp3) is 0.500. The first-order valence-corrected chi connectivity index (χ1v) is 5.41. The van der Waals surface area contributed by atoms with Gasteiger partial charge in [0, 0.05) is 10.6 Å². The van der Waals surface area contributed by atoms with Gasteiger partial charge in [0.05, 0.1) is 12.6 Å². The third kappa shape index (κ3) is 1.52. The van der Waals surface area contributed by atoms with Crippen molar-refractivity contribution in [1.29, 1.82) is 0 Å². The lowest BCUT2D eigenvalue weighted by molar-refractivity contribution is 0.396. The molecule has 1 aromatic carbocycles. The average molecular weight is 226 g/mol. The first kappa shape index (κ1) is 10.8. The van der Waals surface area contributed by atoms with Crippen molar-refractivity contribution in [2.24, 2.45) is 11.1 Å². The first-order valence-electron chi connectivity index (χ1n) is 5.04. The standard InChI is InChI=1S/C12H16ClNO/c1-11(2)7-12(11,14)9-6-8(13)4-5-10(9)15-3/h4-6H,7,14H2,1-3H3. The maximum absolute atomic E-state index is 6.35. The molecule has 2 rings (SSSR count). The fourth-order valence-electron chi connectivity index (χ4n) is 2.14. The van der Waals surface area contributed by atoms with Crippen LogP contribution in [0.15, 0.2) is 18.2 Å². The van der Waals surface area contributed by atoms with Crippen molar-refractivity contribution in [3.05, 3.63) is 28.8 Å². The third-order valence-electron chi connectivity index (χ3n) is 3.45. The zero-order valence-corrected chi connectivity index (χ0v) is 10.1. The largest absolute Gasteiger partial charge is 0.496 e. The molecule has 3 heteroatoms. The van der Waals surface area contributed by atoms with E-state index in [1.54, 1.807) is 7.11 Å². The maximum atomic E-state index is 6.35. The summed E-state index contributed by atoms with van der Waals surface area (Å²) in [6.45, 7) is 4.32. The predicted octanol–water partition coefficient (Wildman–Crippen LogP) is 2.93. The van der Waals surface area contributed by atoms with E-state index in [-0.39, 0.29) is 11.0 Å². The van der Waals surface area contributed by atoms with Gasteiger partial charge < -0.3 is 10.5 Å². The van der Waals surface area contributed by atoms with Gasteiger partial charge in [-0.05, 0) is 30.0 Å². The van der Waals surface area contributed by atoms with Crippen molar-refractivity contribution in [3.8, 4) is 5.75 Å². The second-order valence-electron chi connectivity index (χ2n) is 4.88. The highest BCUT2D eigenvalue weighted by atomic mass is 35.5. The lowest BCUT2D eigenvalue weighted by Crippen LogP contribution is -2.26. The van der Waals surface area contributed by atoms with Gasteiger partial charge in [-0.2, -0.15) is 0 Å². The summed E-state index contributed by atoms with van der Waals surface area (Å²) in [6, 6.07) is 5.61. The molecule has 0 heterocycles. The van der Waals surface area contributed by atoms with E-state index in [2.05, 4.69) is 13.8 Å². The molecule has 0 aromatic heterocycles. The van der Waals surface area contributed by atoms with Gasteiger partial charge in [0.15, 0.2) is 0 Å². The highest BCUT2D eigenvalue weighted by molar-refractivity contribution is 6.30. The van der Waals surface area contributed by atoms with Gasteiger partial charge in [0.1, 0.15) is 5.75 Å². The Hall–Kier alpha value is -0.730. The number of methoxy groups -OCH3 is 1. The topological polar surface area (TPSA) is 35.2 Å². The van der Waals surface area contributed by atoms with Crippen LogP contribution in [0.25, 0.3) is 0 Å². The van der Waals surface area contributed by atoms with Crippen LogP contribution in [0.4, 0.5) is 0 Å². The summed E-state index contributed by atoms with van der Waals surface area (Å²) in [5, 5.41) is 0.707. The highest BCUT2D eigenvalue weighted by Gasteiger charge is 2.60. The van der Waals surface area contributed by atoms with Gasteiger partial charge in [-0.3, -0.25) is 0 Å². The van der Waals surface area contributed by atoms with E-state index in [1.807, 2.05) is 18.2 Å². The Kier molecular flexibility index (Phi) is 2.25. The van der Waals surface area contributed by atoms with E-state index in [1.165, 1.54) is 0 Å². The maximum Gasteiger partial charge on any atom is 0.124 e. The molecule has 1 unspecified atom stereocenters. The van der Waals surface area contributed by atoms with E-state index in [4.69, 9.17) is 22.1 Å². The lowest BCUT2D eigenvalue weighted by atomic mass is 9.96. The molecule has 1 fully saturated rings. The van der Waals surface area contributed by atoms with Gasteiger partial charge in [-0.1, -0.05) is 25.4 Å². The number of halogens is 1. The van der Waals surface area contributed by atoms with Gasteiger partial charge >= 0.3 is 0 Å². The Morgan fingerprint density at radius 2 is 2.00 bits per heavy atom. The van der Waals surface area contributed by atoms with Crippen LogP contribution in [0.3, 0.4) is 0 Å². The van der Waals surface area contributed by atoms with Crippen LogP contribution in [0, 0.1) is 5.41 Å². The quantitative estimate of drug-likeness (QED) is 0.840. The molecule has 1 saturated carbocycles. The summed E-state index contributed by atoms with van der Waals surface area (Å²) in [4.78, 5) is 0. The first-order chi connectivity index (χ1) is 6.90. The normalized spacial score (nSPS) is 27.5. The fourth-order valence-corrected chi connectivity index (χ4v) is 2.31. The zero-order valence-electron chi connectivity index (χ0n) is 9.30. The van der Waals surface area contributed by atoms with Gasteiger partial charge in [-0.25, -0.2) is 0 Å². The minimum atomic E-state index is -0.288. The average Bonchev–Trinajstić information content (AvgIpc) is 2.67. The minimum Gasteiger partial charge on any atom is -0.496 e. The lowest BCUT2D eigenvalue weighted by Gasteiger charge is -2.18. The van der Waals surface area contributed by atoms with Crippen molar-refractivity contribution < 1.29 is 4.74 Å². The van der Waals surface area contributed by atoms with Crippen LogP contribution in [0.1, 0.15) is 25.8 Å². The smallest absolute Gasteiger partial charge is 0.124 e. The highest BCUT2D eigenvalue weighted by Crippen LogP contribution is 2.62. The molecule has 0 aliphatic heterocycles. The predicted molar refractivity (Wildman–Crippen MR) is 62.3 cm³/mol. The van der Waals surface area contributed by atoms with Crippen LogP contribution in [0.2, 0.25) is 5.02 Å². The molecule has 2 N–H and O–H groups in total. The molecule has 0 spiro atoms. The molecule has 1 atom stereocenters. The molecule has 2 nitrogen and oxygen atoms in total. The monoisotopic (exact) mass is 225 g/mol. The molecular weight excluding hydrogens is 210 g/mol. The molecule has 1 aliphatic carbocycles. The Labute approximate surface area is 95.4 Å². The molecule has 15 heavy (non-hydrogen) atoms. The molecule has 82 valence electrons. The Balaban J connectivity index is 2.48. The number of hydrogen-bond acceptors (Lipinski definition) is 2. The van der Waals surface area contributed by atoms with Crippen LogP contribution in [-0.2, 0) is 5.54 Å². The third-order valence-corrected chi connectivity index (χ3v) is 3.68. The summed E-state index contributed by atoms with van der Waals surface area (Å²) < 4.78 is 5.32. The molecular formula is C12H16ClNO. The molecule has 0 amide bonds. The van der Waals surface area contributed by atoms with Gasteiger partial charge in [0.2, 0.25) is 0 Å². The van der Waals surface area contributed by atoms with Crippen LogP contribution >= 0.6 is 11.6 Å². The van der Waals surface area contributed by atoms with E-state index >= 15 is 0 Å². The minimum absolute atomic E-state index is 0.130. The van der Waals surface area contributed by atoms with Crippen molar-refractivity contribution in [3.63, 3.8) is 0 Å². The van der Waals surface area contributed by atoms with Crippen molar-refractivity contribution in [2.45, 2.75) is 25.8 Å². The molecule has 1 aliphatic rings. The van der Waals surface area contributed by atoms with Gasteiger partial charge in [-0.15, -0.1) is 0 Å². The number of ether oxygens (including phenoxy) is 1. The Morgan fingerprint density at radius 1 is 1.40 bits per heavy atom. The second-order valence-corrected chi connectivity index (χ2v) is 5.31. The van der Waals surface area contributed by atoms with E-state index in [0.717, 1.165) is 17.7 Å². The van der Waals surface area contributed by atoms with E-state index in [9.17, 15) is 0 Å². The van der Waals surface area contributed by atoms with Crippen molar-refractivity contribution in [1.82, 2.24) is 0 Å². The Morgan fingerprint density at radius 3 is 2.47 bits per heavy atom. The summed E-state index contributed by atoms with van der Waals surface area (Å²) in [5.74, 6) is 0.826. The van der Waals surface area contributed by atoms with E-state index in [0.29, 0.717) is 5.02 Å². The number of benzene rings is 1. The van der Waals surface area contributed by atoms with Crippen LogP contribution < -0.4 is 10.5 Å². The number of hydrogen-bond donors (Lipinski definition) is 1. The van der Waals surface area contributed by atoms with Gasteiger partial charge in [0.25, 0.3) is 0 Å². The van der Waals surface area contributed by atoms with Crippen molar-refractivity contribution in [2.75, 3.05) is 7.11 Å². The van der Waals surface area contributed by atoms with Crippen molar-refractivity contribution >= 4 is 11.6 Å². The van der Waals surface area contributed by atoms with E-state index < -0.39 is 0 Å². The van der Waals surface area contributed by atoms with Crippen LogP contribution in [-0.4, -0.2) is 7.11 Å². The summed E-state index contributed by atoms with van der Waals surface area (Å²) in [5.41, 5.74) is 7.21. The zero-order chi connectivity index (χ0) is 11.3. The molecule has 0 saturated heterocycles. The van der Waals surface area contributed by atoms with Crippen LogP contribution in [0.5, 0.6) is 5.75 Å². The summed E-state index contributed by atoms with van der Waals surface area (Å²) in [7, 11) is 1.66. The molecule has 0 radical (unpaired) electrons. The SMILES string of the molecule is COc1ccc(Cl)cc1C1(N)CC1(C)C. The summed E-state index contributed by atoms with van der Waals surface area (Å²) in [6.07, 6.45) is 0.969.